The Morgan fingerprint density at radius 1 is 1.26 bits per heavy atom. The lowest BCUT2D eigenvalue weighted by molar-refractivity contribution is 0.0224. The Kier molecular flexibility index (Phi) is 8.17. The van der Waals surface area contributed by atoms with E-state index in [2.05, 4.69) is 19.2 Å². The third-order valence-electron chi connectivity index (χ3n) is 6.22. The first-order chi connectivity index (χ1) is 18.3. The zero-order valence-corrected chi connectivity index (χ0v) is 23.4. The van der Waals surface area contributed by atoms with Crippen molar-refractivity contribution >= 4 is 11.8 Å². The Labute approximate surface area is 228 Å². The summed E-state index contributed by atoms with van der Waals surface area (Å²) in [6, 6.07) is 10.4. The first-order valence-corrected chi connectivity index (χ1v) is 13.2. The van der Waals surface area contributed by atoms with Crippen LogP contribution in [0.25, 0.3) is 16.9 Å². The highest BCUT2D eigenvalue weighted by Crippen LogP contribution is 2.38. The summed E-state index contributed by atoms with van der Waals surface area (Å²) < 4.78 is 28.8. The standard InChI is InChI=1S/C29H38FN5O4/c1-17(2)16-38-24-9-7-8-18(3)25(24)35-26(19-10-11-23(21(30)14-19)32-27(31)36)20-15-34(13-12-22(20)33-35)28(37)39-29(4,5)6/h7-11,14,17,27,32,36H,12-13,15-16,31H2,1-6H3. The van der Waals surface area contributed by atoms with Gasteiger partial charge in [0, 0.05) is 24.1 Å². The van der Waals surface area contributed by atoms with Gasteiger partial charge in [0.2, 0.25) is 0 Å². The first kappa shape index (κ1) is 28.4. The van der Waals surface area contributed by atoms with E-state index in [1.165, 1.54) is 12.1 Å². The van der Waals surface area contributed by atoms with Gasteiger partial charge >= 0.3 is 6.09 Å². The predicted molar refractivity (Wildman–Crippen MR) is 148 cm³/mol. The molecule has 0 saturated heterocycles. The average Bonchev–Trinajstić information content (AvgIpc) is 3.20. The maximum atomic E-state index is 15.2. The van der Waals surface area contributed by atoms with Crippen molar-refractivity contribution in [2.45, 2.75) is 66.5 Å². The number of benzene rings is 2. The lowest BCUT2D eigenvalue weighted by atomic mass is 10.00. The molecule has 0 aliphatic carbocycles. The zero-order valence-electron chi connectivity index (χ0n) is 23.4. The third-order valence-corrected chi connectivity index (χ3v) is 6.22. The van der Waals surface area contributed by atoms with Gasteiger partial charge in [-0.1, -0.05) is 32.0 Å². The predicted octanol–water partition coefficient (Wildman–Crippen LogP) is 4.96. The molecule has 9 nitrogen and oxygen atoms in total. The number of aliphatic hydroxyl groups excluding tert-OH is 1. The maximum absolute atomic E-state index is 15.2. The van der Waals surface area contributed by atoms with Gasteiger partial charge in [0.25, 0.3) is 0 Å². The minimum atomic E-state index is -1.40. The molecule has 39 heavy (non-hydrogen) atoms. The summed E-state index contributed by atoms with van der Waals surface area (Å²) in [5, 5.41) is 16.9. The van der Waals surface area contributed by atoms with Crippen LogP contribution in [0, 0.1) is 18.7 Å². The molecule has 4 N–H and O–H groups in total. The second-order valence-corrected chi connectivity index (χ2v) is 11.2. The van der Waals surface area contributed by atoms with Gasteiger partial charge in [-0.05, 0) is 57.4 Å². The lowest BCUT2D eigenvalue weighted by Gasteiger charge is -2.30. The smallest absolute Gasteiger partial charge is 0.410 e. The number of carbonyl (C=O) groups is 1. The molecule has 1 unspecified atom stereocenters. The second kappa shape index (κ2) is 11.2. The van der Waals surface area contributed by atoms with Crippen LogP contribution in [-0.4, -0.2) is 51.0 Å². The van der Waals surface area contributed by atoms with Crippen molar-refractivity contribution < 1.29 is 23.8 Å². The van der Waals surface area contributed by atoms with Crippen LogP contribution < -0.4 is 15.8 Å². The van der Waals surface area contributed by atoms with Crippen LogP contribution in [0.4, 0.5) is 14.9 Å². The molecule has 1 atom stereocenters. The number of ether oxygens (including phenoxy) is 2. The molecule has 4 rings (SSSR count). The molecule has 1 amide bonds. The fraction of sp³-hybridized carbons (Fsp3) is 0.448. The van der Waals surface area contributed by atoms with Crippen LogP contribution >= 0.6 is 0 Å². The fourth-order valence-electron chi connectivity index (χ4n) is 4.53. The van der Waals surface area contributed by atoms with Crippen LogP contribution in [0.15, 0.2) is 36.4 Å². The molecule has 2 heterocycles. The Bertz CT molecular complexity index is 1350. The van der Waals surface area contributed by atoms with Crippen LogP contribution in [0.2, 0.25) is 0 Å². The molecule has 1 aliphatic rings. The molecule has 1 aliphatic heterocycles. The van der Waals surface area contributed by atoms with Gasteiger partial charge in [0.05, 0.1) is 30.2 Å². The van der Waals surface area contributed by atoms with Crippen molar-refractivity contribution in [3.63, 3.8) is 0 Å². The number of para-hydroxylation sites is 1. The SMILES string of the molecule is Cc1cccc(OCC(C)C)c1-n1nc2c(c1-c1ccc(NC(N)O)c(F)c1)CN(C(=O)OC(C)(C)C)CC2. The molecular weight excluding hydrogens is 501 g/mol. The number of nitrogens with one attached hydrogen (secondary N) is 1. The number of amides is 1. The van der Waals surface area contributed by atoms with Crippen molar-refractivity contribution in [2.24, 2.45) is 11.7 Å². The largest absolute Gasteiger partial charge is 0.491 e. The van der Waals surface area contributed by atoms with E-state index in [9.17, 15) is 9.90 Å². The summed E-state index contributed by atoms with van der Waals surface area (Å²) in [5.41, 5.74) is 9.36. The number of fused-ring (bicyclic) bond motifs is 1. The highest BCUT2D eigenvalue weighted by atomic mass is 19.1. The highest BCUT2D eigenvalue weighted by Gasteiger charge is 2.32. The number of hydrogen-bond acceptors (Lipinski definition) is 7. The van der Waals surface area contributed by atoms with Crippen molar-refractivity contribution in [1.29, 1.82) is 0 Å². The summed E-state index contributed by atoms with van der Waals surface area (Å²) in [5.74, 6) is 0.399. The van der Waals surface area contributed by atoms with Crippen molar-refractivity contribution in [2.75, 3.05) is 18.5 Å². The third kappa shape index (κ3) is 6.51. The number of aryl methyl sites for hydroxylation is 1. The van der Waals surface area contributed by atoms with E-state index in [1.807, 2.05) is 45.9 Å². The number of aromatic nitrogens is 2. The number of nitrogens with zero attached hydrogens (tertiary/aromatic N) is 3. The summed E-state index contributed by atoms with van der Waals surface area (Å²) in [7, 11) is 0. The van der Waals surface area contributed by atoms with Crippen LogP contribution in [0.5, 0.6) is 5.75 Å². The van der Waals surface area contributed by atoms with Gasteiger partial charge < -0.3 is 24.8 Å². The monoisotopic (exact) mass is 539 g/mol. The second-order valence-electron chi connectivity index (χ2n) is 11.2. The average molecular weight is 540 g/mol. The molecule has 0 radical (unpaired) electrons. The molecule has 210 valence electrons. The summed E-state index contributed by atoms with van der Waals surface area (Å²) >= 11 is 0. The number of rotatable bonds is 7. The summed E-state index contributed by atoms with van der Waals surface area (Å²) in [4.78, 5) is 14.6. The molecule has 0 saturated carbocycles. The number of anilines is 1. The molecule has 2 aromatic carbocycles. The minimum absolute atomic E-state index is 0.0703. The molecule has 3 aromatic rings. The summed E-state index contributed by atoms with van der Waals surface area (Å²) in [6.45, 7) is 12.9. The van der Waals surface area contributed by atoms with Crippen LogP contribution in [0.3, 0.4) is 0 Å². The van der Waals surface area contributed by atoms with Crippen molar-refractivity contribution in [3.05, 3.63) is 59.0 Å². The van der Waals surface area contributed by atoms with E-state index in [0.29, 0.717) is 42.5 Å². The Balaban J connectivity index is 1.87. The van der Waals surface area contributed by atoms with E-state index in [-0.39, 0.29) is 12.2 Å². The Hall–Kier alpha value is -3.63. The quantitative estimate of drug-likeness (QED) is 0.364. The number of aliphatic hydroxyl groups is 1. The Morgan fingerprint density at radius 3 is 2.64 bits per heavy atom. The minimum Gasteiger partial charge on any atom is -0.491 e. The maximum Gasteiger partial charge on any atom is 0.410 e. The molecular formula is C29H38FN5O4. The van der Waals surface area contributed by atoms with Crippen LogP contribution in [-0.2, 0) is 17.7 Å². The zero-order chi connectivity index (χ0) is 28.5. The van der Waals surface area contributed by atoms with E-state index < -0.39 is 23.9 Å². The molecule has 1 aromatic heterocycles. The molecule has 0 spiro atoms. The normalized spacial score (nSPS) is 14.3. The summed E-state index contributed by atoms with van der Waals surface area (Å²) in [6.07, 6.45) is -1.30. The van der Waals surface area contributed by atoms with Crippen molar-refractivity contribution in [1.82, 2.24) is 14.7 Å². The number of nitrogens with two attached hydrogens (primary N) is 1. The van der Waals surface area contributed by atoms with Gasteiger partial charge in [-0.25, -0.2) is 13.9 Å². The van der Waals surface area contributed by atoms with Crippen molar-refractivity contribution in [3.8, 4) is 22.7 Å². The lowest BCUT2D eigenvalue weighted by Crippen LogP contribution is -2.39. The van der Waals surface area contributed by atoms with Gasteiger partial charge in [-0.3, -0.25) is 5.73 Å². The molecule has 10 heteroatoms. The van der Waals surface area contributed by atoms with Gasteiger partial charge in [0.15, 0.2) is 6.35 Å². The molecule has 0 bridgehead atoms. The highest BCUT2D eigenvalue weighted by molar-refractivity contribution is 5.74. The Morgan fingerprint density at radius 2 is 2.00 bits per heavy atom. The van der Waals surface area contributed by atoms with E-state index >= 15 is 4.39 Å². The van der Waals surface area contributed by atoms with Gasteiger partial charge in [-0.15, -0.1) is 0 Å². The van der Waals surface area contributed by atoms with E-state index in [4.69, 9.17) is 20.3 Å². The number of carbonyl (C=O) groups excluding carboxylic acids is 1. The topological polar surface area (TPSA) is 115 Å². The van der Waals surface area contributed by atoms with E-state index in [0.717, 1.165) is 22.5 Å². The first-order valence-electron chi connectivity index (χ1n) is 13.2. The fourth-order valence-corrected chi connectivity index (χ4v) is 4.53. The van der Waals surface area contributed by atoms with Crippen LogP contribution in [0.1, 0.15) is 51.4 Å². The van der Waals surface area contributed by atoms with E-state index in [1.54, 1.807) is 15.6 Å². The van der Waals surface area contributed by atoms with Gasteiger partial charge in [-0.2, -0.15) is 5.10 Å². The number of halogens is 1. The number of hydrogen-bond donors (Lipinski definition) is 3. The van der Waals surface area contributed by atoms with Gasteiger partial charge in [0.1, 0.15) is 22.9 Å². The molecule has 0 fully saturated rings.